The lowest BCUT2D eigenvalue weighted by Gasteiger charge is -2.09. The maximum absolute atomic E-state index is 12.4. The third kappa shape index (κ3) is 4.49. The average Bonchev–Trinajstić information content (AvgIpc) is 2.64. The predicted molar refractivity (Wildman–Crippen MR) is 102 cm³/mol. The van der Waals surface area contributed by atoms with Crippen LogP contribution >= 0.6 is 11.6 Å². The van der Waals surface area contributed by atoms with Crippen LogP contribution in [0.1, 0.15) is 15.9 Å². The number of hydrogen-bond donors (Lipinski definition) is 2. The van der Waals surface area contributed by atoms with Gasteiger partial charge in [-0.15, -0.1) is 0 Å². The summed E-state index contributed by atoms with van der Waals surface area (Å²) in [5.74, 6) is 1.39. The van der Waals surface area contributed by atoms with Crippen LogP contribution in [0.25, 0.3) is 0 Å². The number of hydrogen-bond acceptors (Lipinski definition) is 5. The van der Waals surface area contributed by atoms with E-state index in [9.17, 15) is 4.79 Å². The van der Waals surface area contributed by atoms with E-state index in [1.165, 1.54) is 6.07 Å². The van der Waals surface area contributed by atoms with E-state index in [1.54, 1.807) is 49.6 Å². The summed E-state index contributed by atoms with van der Waals surface area (Å²) in [6, 6.07) is 13.9. The highest BCUT2D eigenvalue weighted by Gasteiger charge is 2.10. The van der Waals surface area contributed by atoms with E-state index in [-0.39, 0.29) is 11.1 Å². The Labute approximate surface area is 156 Å². The molecule has 1 aromatic carbocycles. The summed E-state index contributed by atoms with van der Waals surface area (Å²) in [5.41, 5.74) is 2.12. The lowest BCUT2D eigenvalue weighted by Crippen LogP contribution is -2.12. The molecule has 0 aliphatic rings. The molecule has 3 aromatic rings. The minimum absolute atomic E-state index is 0.247. The fourth-order valence-electron chi connectivity index (χ4n) is 2.20. The minimum atomic E-state index is -0.278. The van der Waals surface area contributed by atoms with Crippen LogP contribution in [0, 0.1) is 6.92 Å². The molecule has 2 N–H and O–H groups in total. The normalized spacial score (nSPS) is 10.3. The van der Waals surface area contributed by atoms with Gasteiger partial charge in [-0.05, 0) is 48.9 Å². The first-order valence-electron chi connectivity index (χ1n) is 7.91. The Hall–Kier alpha value is -3.12. The zero-order chi connectivity index (χ0) is 18.5. The Morgan fingerprint density at radius 3 is 2.54 bits per heavy atom. The highest BCUT2D eigenvalue weighted by atomic mass is 35.5. The summed E-state index contributed by atoms with van der Waals surface area (Å²) in [6.45, 7) is 1.96. The van der Waals surface area contributed by atoms with E-state index in [2.05, 4.69) is 20.6 Å². The summed E-state index contributed by atoms with van der Waals surface area (Å²) in [4.78, 5) is 20.6. The van der Waals surface area contributed by atoms with Crippen LogP contribution in [0.4, 0.5) is 11.5 Å². The van der Waals surface area contributed by atoms with Crippen molar-refractivity contribution in [1.29, 1.82) is 0 Å². The Balaban J connectivity index is 1.68. The lowest BCUT2D eigenvalue weighted by atomic mass is 10.2. The lowest BCUT2D eigenvalue weighted by molar-refractivity contribution is 0.102. The zero-order valence-corrected chi connectivity index (χ0v) is 15.0. The first-order chi connectivity index (χ1) is 12.5. The summed E-state index contributed by atoms with van der Waals surface area (Å²) >= 11 is 5.93. The second kappa shape index (κ2) is 7.84. The van der Waals surface area contributed by atoms with Crippen molar-refractivity contribution in [3.8, 4) is 11.6 Å². The molecule has 0 atom stereocenters. The summed E-state index contributed by atoms with van der Waals surface area (Å²) in [6.07, 6.45) is 1.74. The van der Waals surface area contributed by atoms with Crippen molar-refractivity contribution < 1.29 is 9.53 Å². The quantitative estimate of drug-likeness (QED) is 0.647. The third-order valence-electron chi connectivity index (χ3n) is 3.53. The van der Waals surface area contributed by atoms with E-state index < -0.39 is 0 Å². The fraction of sp³-hybridized carbons (Fsp3) is 0.105. The van der Waals surface area contributed by atoms with Crippen LogP contribution < -0.4 is 15.4 Å². The number of amides is 1. The van der Waals surface area contributed by atoms with Gasteiger partial charge in [-0.2, -0.15) is 0 Å². The van der Waals surface area contributed by atoms with Crippen LogP contribution in [0.15, 0.2) is 54.7 Å². The van der Waals surface area contributed by atoms with Crippen LogP contribution in [0.2, 0.25) is 5.15 Å². The summed E-state index contributed by atoms with van der Waals surface area (Å²) in [7, 11) is 1.71. The molecule has 0 unspecified atom stereocenters. The Kier molecular flexibility index (Phi) is 5.34. The number of nitrogens with one attached hydrogen (secondary N) is 2. The molecule has 2 heterocycles. The van der Waals surface area contributed by atoms with Crippen molar-refractivity contribution in [3.63, 3.8) is 0 Å². The molecule has 6 nitrogen and oxygen atoms in total. The van der Waals surface area contributed by atoms with Gasteiger partial charge in [0.15, 0.2) is 0 Å². The van der Waals surface area contributed by atoms with Gasteiger partial charge in [0.2, 0.25) is 5.88 Å². The third-order valence-corrected chi connectivity index (χ3v) is 3.72. The maximum Gasteiger partial charge on any atom is 0.255 e. The number of halogens is 1. The molecule has 0 bridgehead atoms. The molecule has 7 heteroatoms. The Morgan fingerprint density at radius 2 is 1.88 bits per heavy atom. The molecule has 0 aliphatic carbocycles. The van der Waals surface area contributed by atoms with Crippen LogP contribution in [-0.4, -0.2) is 22.9 Å². The predicted octanol–water partition coefficient (Wildman–Crippen LogP) is 4.52. The van der Waals surface area contributed by atoms with E-state index in [0.717, 1.165) is 5.56 Å². The van der Waals surface area contributed by atoms with Crippen molar-refractivity contribution in [3.05, 3.63) is 71.0 Å². The fourth-order valence-corrected chi connectivity index (χ4v) is 2.41. The monoisotopic (exact) mass is 368 g/mol. The van der Waals surface area contributed by atoms with Gasteiger partial charge in [0.25, 0.3) is 5.91 Å². The Bertz CT molecular complexity index is 912. The van der Waals surface area contributed by atoms with Crippen LogP contribution in [0.5, 0.6) is 11.6 Å². The van der Waals surface area contributed by atoms with Crippen molar-refractivity contribution in [1.82, 2.24) is 9.97 Å². The standard InChI is InChI=1S/C19H17ClN4O2/c1-12-3-8-18(22-11-12)26-15-6-4-14(5-7-15)23-19(25)13-9-16(20)24-17(10-13)21-2/h3-11H,1-2H3,(H,21,24)(H,23,25). The summed E-state index contributed by atoms with van der Waals surface area (Å²) < 4.78 is 5.67. The smallest absolute Gasteiger partial charge is 0.255 e. The minimum Gasteiger partial charge on any atom is -0.439 e. The van der Waals surface area contributed by atoms with E-state index in [4.69, 9.17) is 16.3 Å². The summed E-state index contributed by atoms with van der Waals surface area (Å²) in [5, 5.41) is 5.92. The maximum atomic E-state index is 12.4. The van der Waals surface area contributed by atoms with Gasteiger partial charge in [-0.1, -0.05) is 17.7 Å². The highest BCUT2D eigenvalue weighted by molar-refractivity contribution is 6.30. The average molecular weight is 369 g/mol. The first kappa shape index (κ1) is 17.7. The largest absolute Gasteiger partial charge is 0.439 e. The number of carbonyl (C=O) groups is 1. The van der Waals surface area contributed by atoms with Crippen molar-refractivity contribution >= 4 is 29.0 Å². The topological polar surface area (TPSA) is 76.1 Å². The van der Waals surface area contributed by atoms with Crippen molar-refractivity contribution in [2.24, 2.45) is 0 Å². The SMILES string of the molecule is CNc1cc(C(=O)Nc2ccc(Oc3ccc(C)cn3)cc2)cc(Cl)n1. The van der Waals surface area contributed by atoms with Crippen molar-refractivity contribution in [2.75, 3.05) is 17.7 Å². The van der Waals surface area contributed by atoms with Crippen molar-refractivity contribution in [2.45, 2.75) is 6.92 Å². The van der Waals surface area contributed by atoms with E-state index in [0.29, 0.717) is 28.7 Å². The number of anilines is 2. The van der Waals surface area contributed by atoms with Gasteiger partial charge in [0.1, 0.15) is 16.7 Å². The zero-order valence-electron chi connectivity index (χ0n) is 14.3. The molecule has 0 radical (unpaired) electrons. The molecule has 0 saturated heterocycles. The number of carbonyl (C=O) groups excluding carboxylic acids is 1. The molecule has 0 fully saturated rings. The second-order valence-electron chi connectivity index (χ2n) is 5.57. The molecule has 1 amide bonds. The molecule has 3 rings (SSSR count). The molecular formula is C19H17ClN4O2. The van der Waals surface area contributed by atoms with E-state index in [1.807, 2.05) is 13.0 Å². The Morgan fingerprint density at radius 1 is 1.12 bits per heavy atom. The molecule has 0 spiro atoms. The number of benzene rings is 1. The van der Waals surface area contributed by atoms with Crippen LogP contribution in [-0.2, 0) is 0 Å². The van der Waals surface area contributed by atoms with Gasteiger partial charge in [0, 0.05) is 30.6 Å². The molecule has 132 valence electrons. The number of pyridine rings is 2. The van der Waals surface area contributed by atoms with Gasteiger partial charge in [-0.3, -0.25) is 4.79 Å². The van der Waals surface area contributed by atoms with Gasteiger partial charge >= 0.3 is 0 Å². The number of ether oxygens (including phenoxy) is 1. The molecule has 0 aliphatic heterocycles. The molecule has 26 heavy (non-hydrogen) atoms. The highest BCUT2D eigenvalue weighted by Crippen LogP contribution is 2.22. The second-order valence-corrected chi connectivity index (χ2v) is 5.96. The molecular weight excluding hydrogens is 352 g/mol. The number of nitrogens with zero attached hydrogens (tertiary/aromatic N) is 2. The van der Waals surface area contributed by atoms with Gasteiger partial charge in [0.05, 0.1) is 0 Å². The van der Waals surface area contributed by atoms with Crippen LogP contribution in [0.3, 0.4) is 0 Å². The van der Waals surface area contributed by atoms with Gasteiger partial charge < -0.3 is 15.4 Å². The number of rotatable bonds is 5. The number of aryl methyl sites for hydroxylation is 1. The van der Waals surface area contributed by atoms with Gasteiger partial charge in [-0.25, -0.2) is 9.97 Å². The van der Waals surface area contributed by atoms with E-state index >= 15 is 0 Å². The first-order valence-corrected chi connectivity index (χ1v) is 8.28. The number of aromatic nitrogens is 2. The molecule has 2 aromatic heterocycles. The molecule has 0 saturated carbocycles.